The first kappa shape index (κ1) is 17.9. The Morgan fingerprint density at radius 3 is 2.45 bits per heavy atom. The summed E-state index contributed by atoms with van der Waals surface area (Å²) in [6, 6.07) is 18.7. The lowest BCUT2D eigenvalue weighted by Gasteiger charge is -2.19. The second kappa shape index (κ2) is 6.69. The zero-order chi connectivity index (χ0) is 20.0. The van der Waals surface area contributed by atoms with E-state index in [4.69, 9.17) is 9.97 Å². The van der Waals surface area contributed by atoms with Crippen LogP contribution in [0, 0.1) is 0 Å². The van der Waals surface area contributed by atoms with Gasteiger partial charge in [0.1, 0.15) is 5.82 Å². The number of rotatable bonds is 4. The van der Waals surface area contributed by atoms with Gasteiger partial charge in [-0.05, 0) is 36.0 Å². The van der Waals surface area contributed by atoms with E-state index < -0.39 is 0 Å². The lowest BCUT2D eigenvalue weighted by Crippen LogP contribution is -2.10. The van der Waals surface area contributed by atoms with Crippen LogP contribution in [0.1, 0.15) is 50.8 Å². The molecule has 5 nitrogen and oxygen atoms in total. The first-order valence-corrected chi connectivity index (χ1v) is 10.2. The third-order valence-corrected chi connectivity index (χ3v) is 5.47. The Balaban J connectivity index is 1.54. The molecule has 1 fully saturated rings. The summed E-state index contributed by atoms with van der Waals surface area (Å²) in [5, 5.41) is 12.0. The highest BCUT2D eigenvalue weighted by atomic mass is 15.2. The molecule has 0 amide bonds. The maximum Gasteiger partial charge on any atom is 0.162 e. The van der Waals surface area contributed by atoms with Crippen LogP contribution in [0.4, 0.5) is 11.6 Å². The number of hydrogen-bond acceptors (Lipinski definition) is 4. The number of para-hydroxylation sites is 1. The molecular formula is C24H25N5. The quantitative estimate of drug-likeness (QED) is 0.458. The standard InChI is InChI=1S/C24H25N5/c1-24(2,3)17-12-10-16(11-13-17)22-25-19-7-5-4-6-18(19)23(27-22)26-21-14-20(28-29-21)15-8-9-15/h4-7,10-15H,8-9H2,1-3H3,(H2,25,26,27,28,29). The highest BCUT2D eigenvalue weighted by Gasteiger charge is 2.25. The minimum Gasteiger partial charge on any atom is -0.323 e. The van der Waals surface area contributed by atoms with Crippen LogP contribution in [-0.4, -0.2) is 20.2 Å². The van der Waals surface area contributed by atoms with Crippen LogP contribution in [0.15, 0.2) is 54.6 Å². The van der Waals surface area contributed by atoms with Crippen LogP contribution in [0.25, 0.3) is 22.3 Å². The maximum atomic E-state index is 4.85. The van der Waals surface area contributed by atoms with Gasteiger partial charge in [0.05, 0.1) is 5.52 Å². The van der Waals surface area contributed by atoms with Crippen molar-refractivity contribution in [2.45, 2.75) is 44.9 Å². The predicted molar refractivity (Wildman–Crippen MR) is 118 cm³/mol. The highest BCUT2D eigenvalue weighted by molar-refractivity contribution is 5.92. The van der Waals surface area contributed by atoms with Gasteiger partial charge in [0.25, 0.3) is 0 Å². The van der Waals surface area contributed by atoms with Gasteiger partial charge in [0.15, 0.2) is 11.6 Å². The van der Waals surface area contributed by atoms with E-state index in [1.807, 2.05) is 24.3 Å². The number of hydrogen-bond donors (Lipinski definition) is 2. The summed E-state index contributed by atoms with van der Waals surface area (Å²) < 4.78 is 0. The van der Waals surface area contributed by atoms with Crippen LogP contribution in [0.3, 0.4) is 0 Å². The first-order chi connectivity index (χ1) is 14.0. The molecular weight excluding hydrogens is 358 g/mol. The smallest absolute Gasteiger partial charge is 0.162 e. The normalized spacial score (nSPS) is 14.3. The van der Waals surface area contributed by atoms with E-state index in [9.17, 15) is 0 Å². The number of H-pyrrole nitrogens is 1. The topological polar surface area (TPSA) is 66.5 Å². The summed E-state index contributed by atoms with van der Waals surface area (Å²) in [5.41, 5.74) is 4.54. The Kier molecular flexibility index (Phi) is 4.12. The van der Waals surface area contributed by atoms with E-state index in [1.165, 1.54) is 24.1 Å². The lowest BCUT2D eigenvalue weighted by atomic mass is 9.87. The predicted octanol–water partition coefficient (Wildman–Crippen LogP) is 5.94. The molecule has 1 saturated carbocycles. The van der Waals surface area contributed by atoms with Gasteiger partial charge >= 0.3 is 0 Å². The second-order valence-corrected chi connectivity index (χ2v) is 8.85. The number of anilines is 2. The summed E-state index contributed by atoms with van der Waals surface area (Å²) >= 11 is 0. The molecule has 29 heavy (non-hydrogen) atoms. The number of fused-ring (bicyclic) bond motifs is 1. The first-order valence-electron chi connectivity index (χ1n) is 10.2. The number of nitrogens with zero attached hydrogens (tertiary/aromatic N) is 3. The molecule has 4 aromatic rings. The molecule has 1 aliphatic carbocycles. The van der Waals surface area contributed by atoms with E-state index in [1.54, 1.807) is 0 Å². The van der Waals surface area contributed by atoms with Gasteiger partial charge < -0.3 is 5.32 Å². The van der Waals surface area contributed by atoms with Crippen molar-refractivity contribution in [2.24, 2.45) is 0 Å². The van der Waals surface area contributed by atoms with Crippen molar-refractivity contribution < 1.29 is 0 Å². The number of nitrogens with one attached hydrogen (secondary N) is 2. The molecule has 0 bridgehead atoms. The third kappa shape index (κ3) is 3.60. The molecule has 0 saturated heterocycles. The molecule has 2 heterocycles. The fourth-order valence-electron chi connectivity index (χ4n) is 3.55. The molecule has 5 rings (SSSR count). The van der Waals surface area contributed by atoms with Crippen LogP contribution in [0.2, 0.25) is 0 Å². The third-order valence-electron chi connectivity index (χ3n) is 5.47. The molecule has 2 aromatic heterocycles. The van der Waals surface area contributed by atoms with E-state index in [0.29, 0.717) is 11.7 Å². The lowest BCUT2D eigenvalue weighted by molar-refractivity contribution is 0.590. The molecule has 1 aliphatic rings. The van der Waals surface area contributed by atoms with E-state index in [2.05, 4.69) is 66.6 Å². The van der Waals surface area contributed by atoms with Crippen molar-refractivity contribution in [3.63, 3.8) is 0 Å². The van der Waals surface area contributed by atoms with E-state index in [-0.39, 0.29) is 5.41 Å². The molecule has 0 unspecified atom stereocenters. The Morgan fingerprint density at radius 1 is 0.966 bits per heavy atom. The SMILES string of the molecule is CC(C)(C)c1ccc(-c2nc(Nc3cc(C4CC4)[nH]n3)c3ccccc3n2)cc1. The van der Waals surface area contributed by atoms with Crippen molar-refractivity contribution in [1.82, 2.24) is 20.2 Å². The summed E-state index contributed by atoms with van der Waals surface area (Å²) in [4.78, 5) is 9.66. The van der Waals surface area contributed by atoms with Gasteiger partial charge in [-0.25, -0.2) is 9.97 Å². The summed E-state index contributed by atoms with van der Waals surface area (Å²) in [6.07, 6.45) is 2.49. The minimum atomic E-state index is 0.120. The zero-order valence-electron chi connectivity index (χ0n) is 17.0. The van der Waals surface area contributed by atoms with Crippen molar-refractivity contribution in [3.05, 3.63) is 65.9 Å². The van der Waals surface area contributed by atoms with Crippen LogP contribution in [0.5, 0.6) is 0 Å². The Bertz CT molecular complexity index is 1160. The Hall–Kier alpha value is -3.21. The fourth-order valence-corrected chi connectivity index (χ4v) is 3.55. The van der Waals surface area contributed by atoms with Crippen molar-refractivity contribution in [3.8, 4) is 11.4 Å². The molecule has 5 heteroatoms. The molecule has 2 N–H and O–H groups in total. The average molecular weight is 383 g/mol. The van der Waals surface area contributed by atoms with Crippen LogP contribution in [-0.2, 0) is 5.41 Å². The zero-order valence-corrected chi connectivity index (χ0v) is 17.0. The molecule has 0 spiro atoms. The van der Waals surface area contributed by atoms with Crippen molar-refractivity contribution >= 4 is 22.5 Å². The second-order valence-electron chi connectivity index (χ2n) is 8.85. The Labute approximate surface area is 170 Å². The van der Waals surface area contributed by atoms with Gasteiger partial charge in [-0.15, -0.1) is 0 Å². The molecule has 146 valence electrons. The largest absolute Gasteiger partial charge is 0.323 e. The van der Waals surface area contributed by atoms with Crippen LogP contribution >= 0.6 is 0 Å². The number of aromatic nitrogens is 4. The number of benzene rings is 2. The van der Waals surface area contributed by atoms with E-state index >= 15 is 0 Å². The molecule has 0 aliphatic heterocycles. The molecule has 0 atom stereocenters. The van der Waals surface area contributed by atoms with Gasteiger partial charge in [-0.3, -0.25) is 5.10 Å². The van der Waals surface area contributed by atoms with Gasteiger partial charge in [-0.1, -0.05) is 57.2 Å². The molecule has 0 radical (unpaired) electrons. The van der Waals surface area contributed by atoms with Gasteiger partial charge in [0.2, 0.25) is 0 Å². The summed E-state index contributed by atoms with van der Waals surface area (Å²) in [6.45, 7) is 6.66. The van der Waals surface area contributed by atoms with Crippen LogP contribution < -0.4 is 5.32 Å². The van der Waals surface area contributed by atoms with Crippen molar-refractivity contribution in [2.75, 3.05) is 5.32 Å². The summed E-state index contributed by atoms with van der Waals surface area (Å²) in [5.74, 6) is 2.92. The minimum absolute atomic E-state index is 0.120. The maximum absolute atomic E-state index is 4.85. The van der Waals surface area contributed by atoms with Gasteiger partial charge in [0, 0.05) is 28.6 Å². The monoisotopic (exact) mass is 383 g/mol. The number of aromatic amines is 1. The van der Waals surface area contributed by atoms with Gasteiger partial charge in [-0.2, -0.15) is 5.10 Å². The highest BCUT2D eigenvalue weighted by Crippen LogP contribution is 2.40. The average Bonchev–Trinajstić information content (AvgIpc) is 3.46. The van der Waals surface area contributed by atoms with Crippen molar-refractivity contribution in [1.29, 1.82) is 0 Å². The fraction of sp³-hybridized carbons (Fsp3) is 0.292. The summed E-state index contributed by atoms with van der Waals surface area (Å²) in [7, 11) is 0. The molecule has 2 aromatic carbocycles. The van der Waals surface area contributed by atoms with E-state index in [0.717, 1.165) is 28.1 Å². The Morgan fingerprint density at radius 2 is 1.72 bits per heavy atom.